The van der Waals surface area contributed by atoms with Gasteiger partial charge < -0.3 is 5.32 Å². The van der Waals surface area contributed by atoms with Crippen LogP contribution in [0.1, 0.15) is 60.0 Å². The van der Waals surface area contributed by atoms with Gasteiger partial charge >= 0.3 is 0 Å². The molecule has 7 heteroatoms. The third-order valence-corrected chi connectivity index (χ3v) is 7.19. The molecule has 1 aromatic carbocycles. The molecule has 0 aliphatic heterocycles. The number of halogens is 1. The van der Waals surface area contributed by atoms with Crippen molar-refractivity contribution in [2.24, 2.45) is 0 Å². The van der Waals surface area contributed by atoms with E-state index in [2.05, 4.69) is 32.4 Å². The van der Waals surface area contributed by atoms with Crippen LogP contribution in [0.2, 0.25) is 5.02 Å². The molecular formula is C23H25ClN4OS. The summed E-state index contributed by atoms with van der Waals surface area (Å²) in [5.74, 6) is 0.492. The molecule has 1 amide bonds. The van der Waals surface area contributed by atoms with Crippen molar-refractivity contribution in [3.8, 4) is 10.8 Å². The Morgan fingerprint density at radius 2 is 1.83 bits per heavy atom. The number of aromatic nitrogens is 3. The van der Waals surface area contributed by atoms with E-state index in [1.54, 1.807) is 18.5 Å². The van der Waals surface area contributed by atoms with Crippen LogP contribution in [0.4, 0.5) is 0 Å². The highest BCUT2D eigenvalue weighted by atomic mass is 35.5. The van der Waals surface area contributed by atoms with E-state index >= 15 is 0 Å². The molecule has 5 nitrogen and oxygen atoms in total. The second-order valence-electron chi connectivity index (χ2n) is 7.75. The molecule has 0 saturated heterocycles. The third-order valence-electron chi connectivity index (χ3n) is 5.85. The lowest BCUT2D eigenvalue weighted by molar-refractivity contribution is 0.0939. The summed E-state index contributed by atoms with van der Waals surface area (Å²) in [6, 6.07) is 9.87. The highest BCUT2D eigenvalue weighted by molar-refractivity contribution is 7.17. The predicted octanol–water partition coefficient (Wildman–Crippen LogP) is 5.45. The Bertz CT molecular complexity index is 998. The number of hydrogen-bond donors (Lipinski definition) is 1. The van der Waals surface area contributed by atoms with Gasteiger partial charge in [-0.1, -0.05) is 49.9 Å². The second-order valence-corrected chi connectivity index (χ2v) is 9.19. The van der Waals surface area contributed by atoms with Gasteiger partial charge in [-0.25, -0.2) is 15.0 Å². The molecule has 1 N–H and O–H groups in total. The summed E-state index contributed by atoms with van der Waals surface area (Å²) in [6.07, 6.45) is 9.81. The maximum absolute atomic E-state index is 13.1. The predicted molar refractivity (Wildman–Crippen MR) is 121 cm³/mol. The minimum atomic E-state index is -0.0644. The van der Waals surface area contributed by atoms with Crippen LogP contribution >= 0.6 is 22.9 Å². The van der Waals surface area contributed by atoms with Gasteiger partial charge in [0.25, 0.3) is 5.91 Å². The van der Waals surface area contributed by atoms with Crippen molar-refractivity contribution < 1.29 is 4.79 Å². The molecule has 1 fully saturated rings. The van der Waals surface area contributed by atoms with Gasteiger partial charge in [-0.2, -0.15) is 0 Å². The summed E-state index contributed by atoms with van der Waals surface area (Å²) in [7, 11) is 0. The molecule has 3 aromatic rings. The largest absolute Gasteiger partial charge is 0.350 e. The van der Waals surface area contributed by atoms with Gasteiger partial charge in [0.15, 0.2) is 10.8 Å². The van der Waals surface area contributed by atoms with Crippen LogP contribution in [0, 0.1) is 0 Å². The smallest absolute Gasteiger partial charge is 0.263 e. The van der Waals surface area contributed by atoms with E-state index in [-0.39, 0.29) is 11.3 Å². The first-order valence-corrected chi connectivity index (χ1v) is 11.6. The van der Waals surface area contributed by atoms with Crippen LogP contribution in [-0.4, -0.2) is 27.4 Å². The number of nitrogens with zero attached hydrogens (tertiary/aromatic N) is 3. The molecule has 0 bridgehead atoms. The van der Waals surface area contributed by atoms with Gasteiger partial charge in [0.1, 0.15) is 4.88 Å². The Morgan fingerprint density at radius 1 is 1.13 bits per heavy atom. The van der Waals surface area contributed by atoms with E-state index in [1.807, 2.05) is 19.1 Å². The van der Waals surface area contributed by atoms with E-state index in [9.17, 15) is 4.79 Å². The SMILES string of the molecule is CCc1nc(-c2ncccn2)sc1C(=O)NCC1(c2ccc(Cl)cc2)CCCCC1. The van der Waals surface area contributed by atoms with E-state index in [0.29, 0.717) is 28.7 Å². The van der Waals surface area contributed by atoms with Crippen LogP contribution < -0.4 is 5.32 Å². The summed E-state index contributed by atoms with van der Waals surface area (Å²) < 4.78 is 0. The zero-order valence-corrected chi connectivity index (χ0v) is 18.6. The normalized spacial score (nSPS) is 15.7. The Morgan fingerprint density at radius 3 is 2.50 bits per heavy atom. The molecule has 0 unspecified atom stereocenters. The second kappa shape index (κ2) is 9.23. The van der Waals surface area contributed by atoms with E-state index in [1.165, 1.54) is 36.2 Å². The van der Waals surface area contributed by atoms with Crippen molar-refractivity contribution in [3.63, 3.8) is 0 Å². The summed E-state index contributed by atoms with van der Waals surface area (Å²) >= 11 is 7.47. The summed E-state index contributed by atoms with van der Waals surface area (Å²) in [6.45, 7) is 2.63. The zero-order valence-electron chi connectivity index (χ0n) is 17.0. The molecule has 2 heterocycles. The third kappa shape index (κ3) is 4.40. The van der Waals surface area contributed by atoms with E-state index < -0.39 is 0 Å². The average Bonchev–Trinajstić information content (AvgIpc) is 3.24. The van der Waals surface area contributed by atoms with Crippen LogP contribution in [0.5, 0.6) is 0 Å². The number of aryl methyl sites for hydroxylation is 1. The molecule has 1 aliphatic carbocycles. The van der Waals surface area contributed by atoms with Crippen molar-refractivity contribution in [2.45, 2.75) is 50.9 Å². The number of thiazole rings is 1. The Balaban J connectivity index is 1.55. The number of benzene rings is 1. The molecule has 0 spiro atoms. The summed E-state index contributed by atoms with van der Waals surface area (Å²) in [5, 5.41) is 4.64. The van der Waals surface area contributed by atoms with Crippen LogP contribution in [0.15, 0.2) is 42.7 Å². The van der Waals surface area contributed by atoms with Crippen LogP contribution in [0.25, 0.3) is 10.8 Å². The fraction of sp³-hybridized carbons (Fsp3) is 0.391. The maximum Gasteiger partial charge on any atom is 0.263 e. The molecule has 1 saturated carbocycles. The quantitative estimate of drug-likeness (QED) is 0.553. The molecule has 156 valence electrons. The topological polar surface area (TPSA) is 67.8 Å². The van der Waals surface area contributed by atoms with E-state index in [4.69, 9.17) is 11.6 Å². The molecule has 2 aromatic heterocycles. The standard InChI is InChI=1S/C23H25ClN4OS/c1-2-18-19(30-22(28-18)20-25-13-6-14-26-20)21(29)27-15-23(11-4-3-5-12-23)16-7-9-17(24)10-8-16/h6-10,13-14H,2-5,11-12,15H2,1H3,(H,27,29). The van der Waals surface area contributed by atoms with Gasteiger partial charge in [0, 0.05) is 29.4 Å². The Labute approximate surface area is 186 Å². The number of rotatable bonds is 6. The van der Waals surface area contributed by atoms with Gasteiger partial charge in [0.05, 0.1) is 5.69 Å². The number of amides is 1. The lowest BCUT2D eigenvalue weighted by Gasteiger charge is -2.38. The first kappa shape index (κ1) is 20.9. The molecule has 30 heavy (non-hydrogen) atoms. The molecule has 0 radical (unpaired) electrons. The average molecular weight is 441 g/mol. The van der Waals surface area contributed by atoms with Gasteiger partial charge in [-0.15, -0.1) is 11.3 Å². The molecule has 1 aliphatic rings. The molecule has 0 atom stereocenters. The minimum Gasteiger partial charge on any atom is -0.350 e. The van der Waals surface area contributed by atoms with Crippen molar-refractivity contribution in [3.05, 3.63) is 63.9 Å². The van der Waals surface area contributed by atoms with Crippen molar-refractivity contribution in [1.29, 1.82) is 0 Å². The fourth-order valence-electron chi connectivity index (χ4n) is 4.20. The summed E-state index contributed by atoms with van der Waals surface area (Å²) in [5.41, 5.74) is 2.01. The monoisotopic (exact) mass is 440 g/mol. The lowest BCUT2D eigenvalue weighted by Crippen LogP contribution is -2.42. The number of carbonyl (C=O) groups excluding carboxylic acids is 1. The molecule has 4 rings (SSSR count). The van der Waals surface area contributed by atoms with Gasteiger partial charge in [-0.3, -0.25) is 4.79 Å². The van der Waals surface area contributed by atoms with E-state index in [0.717, 1.165) is 23.6 Å². The molecular weight excluding hydrogens is 416 g/mol. The maximum atomic E-state index is 13.1. The highest BCUT2D eigenvalue weighted by Gasteiger charge is 2.34. The van der Waals surface area contributed by atoms with Gasteiger partial charge in [-0.05, 0) is 43.0 Å². The van der Waals surface area contributed by atoms with Gasteiger partial charge in [0.2, 0.25) is 0 Å². The van der Waals surface area contributed by atoms with Crippen molar-refractivity contribution in [2.75, 3.05) is 6.54 Å². The van der Waals surface area contributed by atoms with Crippen LogP contribution in [-0.2, 0) is 11.8 Å². The number of hydrogen-bond acceptors (Lipinski definition) is 5. The van der Waals surface area contributed by atoms with Crippen molar-refractivity contribution >= 4 is 28.8 Å². The Hall–Kier alpha value is -2.31. The number of nitrogens with one attached hydrogen (secondary N) is 1. The first-order chi connectivity index (χ1) is 14.6. The summed E-state index contributed by atoms with van der Waals surface area (Å²) in [4.78, 5) is 26.9. The zero-order chi connectivity index (χ0) is 21.0. The number of carbonyl (C=O) groups is 1. The minimum absolute atomic E-state index is 0.0407. The Kier molecular flexibility index (Phi) is 6.44. The van der Waals surface area contributed by atoms with Crippen LogP contribution in [0.3, 0.4) is 0 Å². The highest BCUT2D eigenvalue weighted by Crippen LogP contribution is 2.39. The van der Waals surface area contributed by atoms with Crippen molar-refractivity contribution in [1.82, 2.24) is 20.3 Å². The first-order valence-electron chi connectivity index (χ1n) is 10.4. The lowest BCUT2D eigenvalue weighted by atomic mass is 9.69. The fourth-order valence-corrected chi connectivity index (χ4v) is 5.35.